The van der Waals surface area contributed by atoms with Crippen LogP contribution in [0.15, 0.2) is 0 Å². The topological polar surface area (TPSA) is 210 Å². The average molecular weight is 243 g/mol. The van der Waals surface area contributed by atoms with Gasteiger partial charge in [-0.1, -0.05) is 0 Å². The van der Waals surface area contributed by atoms with Crippen molar-refractivity contribution < 1.29 is 14.7 Å². The van der Waals surface area contributed by atoms with Gasteiger partial charge in [0.1, 0.15) is 6.17 Å². The van der Waals surface area contributed by atoms with Crippen LogP contribution in [0.5, 0.6) is 0 Å². The molecule has 0 bridgehead atoms. The summed E-state index contributed by atoms with van der Waals surface area (Å²) >= 11 is 0. The van der Waals surface area contributed by atoms with Gasteiger partial charge in [0.05, 0.1) is 0 Å². The molecule has 0 aliphatic heterocycles. The van der Waals surface area contributed by atoms with Gasteiger partial charge in [0.2, 0.25) is 11.4 Å². The molecule has 10 heteroatoms. The Morgan fingerprint density at radius 3 is 1.53 bits per heavy atom. The molecular formula is C5H15ClN6O3. The third-order valence-corrected chi connectivity index (χ3v) is 1.75. The molecule has 0 aromatic carbocycles. The zero-order valence-electron chi connectivity index (χ0n) is 7.71. The second-order valence-electron chi connectivity index (χ2n) is 2.93. The van der Waals surface area contributed by atoms with Crippen molar-refractivity contribution in [1.82, 2.24) is 0 Å². The predicted octanol–water partition coefficient (Wildman–Crippen LogP) is -4.47. The van der Waals surface area contributed by atoms with Gasteiger partial charge in [-0.15, -0.1) is 12.4 Å². The largest absolute Gasteiger partial charge is 0.479 e. The highest BCUT2D eigenvalue weighted by atomic mass is 35.5. The lowest BCUT2D eigenvalue weighted by Gasteiger charge is -2.35. The first-order valence-corrected chi connectivity index (χ1v) is 3.49. The summed E-state index contributed by atoms with van der Waals surface area (Å²) in [4.78, 5) is 21.7. The van der Waals surface area contributed by atoms with E-state index in [1.54, 1.807) is 0 Å². The van der Waals surface area contributed by atoms with E-state index in [0.29, 0.717) is 0 Å². The lowest BCUT2D eigenvalue weighted by molar-refractivity contribution is -0.150. The highest BCUT2D eigenvalue weighted by molar-refractivity contribution is 5.98. The number of carbonyl (C=O) groups is 2. The Balaban J connectivity index is 0. The molecule has 0 fully saturated rings. The normalized spacial score (nSPS) is 12.2. The predicted molar refractivity (Wildman–Crippen MR) is 54.3 cm³/mol. The van der Waals surface area contributed by atoms with Crippen LogP contribution in [0.4, 0.5) is 0 Å². The monoisotopic (exact) mass is 242 g/mol. The number of hydrogen-bond acceptors (Lipinski definition) is 8. The van der Waals surface area contributed by atoms with E-state index >= 15 is 0 Å². The fourth-order valence-electron chi connectivity index (χ4n) is 0.657. The summed E-state index contributed by atoms with van der Waals surface area (Å²) in [5.74, 6) is -2.89. The number of nitrogens with two attached hydrogens (primary N) is 6. The van der Waals surface area contributed by atoms with Crippen molar-refractivity contribution in [3.8, 4) is 0 Å². The van der Waals surface area contributed by atoms with Crippen LogP contribution in [0, 0.1) is 0 Å². The molecule has 0 saturated carbocycles. The van der Waals surface area contributed by atoms with Gasteiger partial charge in [0.15, 0.2) is 5.66 Å². The smallest absolute Gasteiger partial charge is 0.342 e. The van der Waals surface area contributed by atoms with Gasteiger partial charge in [-0.2, -0.15) is 0 Å². The minimum absolute atomic E-state index is 0. The Morgan fingerprint density at radius 1 is 1.00 bits per heavy atom. The maximum Gasteiger partial charge on any atom is 0.342 e. The summed E-state index contributed by atoms with van der Waals surface area (Å²) in [5, 5.41) is 8.56. The molecule has 90 valence electrons. The highest BCUT2D eigenvalue weighted by Gasteiger charge is 2.52. The first-order chi connectivity index (χ1) is 6.05. The number of halogens is 1. The number of aliphatic carboxylic acids is 1. The molecule has 15 heavy (non-hydrogen) atoms. The molecule has 0 atom stereocenters. The number of rotatable bonds is 4. The maximum atomic E-state index is 11.2. The lowest BCUT2D eigenvalue weighted by Crippen LogP contribution is -2.84. The summed E-state index contributed by atoms with van der Waals surface area (Å²) in [6, 6.07) is 0. The Hall–Kier alpha value is -0.810. The van der Waals surface area contributed by atoms with Crippen LogP contribution in [-0.2, 0) is 9.59 Å². The van der Waals surface area contributed by atoms with E-state index in [4.69, 9.17) is 39.5 Å². The van der Waals surface area contributed by atoms with Crippen LogP contribution in [0.25, 0.3) is 0 Å². The van der Waals surface area contributed by atoms with Crippen LogP contribution in [0.1, 0.15) is 0 Å². The van der Waals surface area contributed by atoms with E-state index in [9.17, 15) is 9.59 Å². The third kappa shape index (κ3) is 2.82. The van der Waals surface area contributed by atoms with Gasteiger partial charge in [-0.05, 0) is 0 Å². The molecule has 0 radical (unpaired) electrons. The molecule has 0 aliphatic carbocycles. The number of carboxylic acids is 1. The molecule has 0 unspecified atom stereocenters. The van der Waals surface area contributed by atoms with Gasteiger partial charge in [-0.25, -0.2) is 4.79 Å². The van der Waals surface area contributed by atoms with Crippen LogP contribution >= 0.6 is 12.4 Å². The second kappa shape index (κ2) is 4.81. The standard InChI is InChI=1S/C5H14N6O3.ClH/c6-2(7)1(12)4(8,9)5(10,11)3(13)14;/h2H,6-11H2,(H,13,14);1H. The van der Waals surface area contributed by atoms with Crippen molar-refractivity contribution in [3.05, 3.63) is 0 Å². The van der Waals surface area contributed by atoms with Crippen LogP contribution in [-0.4, -0.2) is 34.4 Å². The summed E-state index contributed by atoms with van der Waals surface area (Å²) < 4.78 is 0. The van der Waals surface area contributed by atoms with Crippen molar-refractivity contribution in [2.45, 2.75) is 17.5 Å². The van der Waals surface area contributed by atoms with Crippen molar-refractivity contribution in [3.63, 3.8) is 0 Å². The number of ketones is 1. The Labute approximate surface area is 91.5 Å². The number of hydrogen-bond donors (Lipinski definition) is 7. The summed E-state index contributed by atoms with van der Waals surface area (Å²) in [6.45, 7) is 0. The maximum absolute atomic E-state index is 11.2. The van der Waals surface area contributed by atoms with Crippen LogP contribution in [0.3, 0.4) is 0 Å². The van der Waals surface area contributed by atoms with Gasteiger partial charge in [0.25, 0.3) is 0 Å². The molecular weight excluding hydrogens is 228 g/mol. The number of carbonyl (C=O) groups excluding carboxylic acids is 1. The van der Waals surface area contributed by atoms with Crippen LogP contribution < -0.4 is 34.4 Å². The molecule has 0 rings (SSSR count). The summed E-state index contributed by atoms with van der Waals surface area (Å²) in [7, 11) is 0. The van der Waals surface area contributed by atoms with Gasteiger partial charge in [-0.3, -0.25) is 4.79 Å². The highest BCUT2D eigenvalue weighted by Crippen LogP contribution is 2.08. The van der Waals surface area contributed by atoms with E-state index in [2.05, 4.69) is 0 Å². The molecule has 9 nitrogen and oxygen atoms in total. The van der Waals surface area contributed by atoms with Gasteiger partial charge >= 0.3 is 5.97 Å². The second-order valence-corrected chi connectivity index (χ2v) is 2.93. The van der Waals surface area contributed by atoms with E-state index in [-0.39, 0.29) is 12.4 Å². The molecule has 0 saturated heterocycles. The quantitative estimate of drug-likeness (QED) is 0.236. The molecule has 0 aromatic rings. The van der Waals surface area contributed by atoms with Crippen molar-refractivity contribution in [2.75, 3.05) is 0 Å². The zero-order chi connectivity index (χ0) is 11.7. The molecule has 0 aliphatic rings. The van der Waals surface area contributed by atoms with Gasteiger partial charge in [0, 0.05) is 0 Å². The summed E-state index contributed by atoms with van der Waals surface area (Å²) in [5.41, 5.74) is 25.3. The molecule has 0 spiro atoms. The van der Waals surface area contributed by atoms with E-state index in [0.717, 1.165) is 0 Å². The first-order valence-electron chi connectivity index (χ1n) is 3.49. The molecule has 13 N–H and O–H groups in total. The molecule has 0 aromatic heterocycles. The van der Waals surface area contributed by atoms with E-state index < -0.39 is 29.2 Å². The lowest BCUT2D eigenvalue weighted by atomic mass is 9.90. The fourth-order valence-corrected chi connectivity index (χ4v) is 0.657. The Kier molecular flexibility index (Phi) is 5.33. The number of Topliss-reactive ketones (excluding diaryl/α,β-unsaturated/α-hetero) is 1. The number of carboxylic acid groups (broad SMARTS) is 1. The SMILES string of the molecule is Cl.NC(N)C(=O)C(N)(N)C(N)(N)C(=O)O. The Bertz CT molecular complexity index is 265. The van der Waals surface area contributed by atoms with Crippen molar-refractivity contribution in [2.24, 2.45) is 34.4 Å². The van der Waals surface area contributed by atoms with Crippen molar-refractivity contribution >= 4 is 24.2 Å². The summed E-state index contributed by atoms with van der Waals surface area (Å²) in [6.07, 6.45) is -1.55. The van der Waals surface area contributed by atoms with Crippen LogP contribution in [0.2, 0.25) is 0 Å². The third-order valence-electron chi connectivity index (χ3n) is 1.75. The molecule has 0 amide bonds. The average Bonchev–Trinajstić information content (AvgIpc) is 2.01. The van der Waals surface area contributed by atoms with Crippen molar-refractivity contribution in [1.29, 1.82) is 0 Å². The molecule has 0 heterocycles. The van der Waals surface area contributed by atoms with Gasteiger partial charge < -0.3 is 39.5 Å². The first kappa shape index (κ1) is 16.6. The van der Waals surface area contributed by atoms with E-state index in [1.807, 2.05) is 0 Å². The minimum atomic E-state index is -2.64. The minimum Gasteiger partial charge on any atom is -0.479 e. The van der Waals surface area contributed by atoms with E-state index in [1.165, 1.54) is 0 Å². The Morgan fingerprint density at radius 2 is 1.33 bits per heavy atom. The fraction of sp³-hybridized carbons (Fsp3) is 0.600. The zero-order valence-corrected chi connectivity index (χ0v) is 8.53.